The fourth-order valence-electron chi connectivity index (χ4n) is 4.41. The Morgan fingerprint density at radius 3 is 2.35 bits per heavy atom. The Balaban J connectivity index is 1.57. The highest BCUT2D eigenvalue weighted by molar-refractivity contribution is 5.76. The molecule has 2 N–H and O–H groups in total. The molecule has 1 unspecified atom stereocenters. The first kappa shape index (κ1) is 23.5. The summed E-state index contributed by atoms with van der Waals surface area (Å²) in [5.74, 6) is 0.161. The van der Waals surface area contributed by atoms with E-state index in [4.69, 9.17) is 9.47 Å². The van der Waals surface area contributed by atoms with Gasteiger partial charge in [-0.2, -0.15) is 0 Å². The molecule has 172 valence electrons. The first-order chi connectivity index (χ1) is 14.8. The third-order valence-electron chi connectivity index (χ3n) is 5.94. The average molecular weight is 432 g/mol. The summed E-state index contributed by atoms with van der Waals surface area (Å²) in [7, 11) is 0. The molecule has 1 aromatic rings. The van der Waals surface area contributed by atoms with E-state index in [0.29, 0.717) is 12.5 Å². The number of hydrogen-bond acceptors (Lipinski definition) is 6. The number of likely N-dealkylation sites (tertiary alicyclic amines) is 1. The van der Waals surface area contributed by atoms with E-state index in [-0.39, 0.29) is 24.1 Å². The number of hydrogen-bond donors (Lipinski definition) is 2. The highest BCUT2D eigenvalue weighted by Gasteiger charge is 2.37. The molecule has 1 atom stereocenters. The van der Waals surface area contributed by atoms with Crippen LogP contribution in [0.2, 0.25) is 0 Å². The summed E-state index contributed by atoms with van der Waals surface area (Å²) in [6.45, 7) is 9.27. The minimum atomic E-state index is -0.507. The van der Waals surface area contributed by atoms with E-state index in [1.54, 1.807) is 0 Å². The zero-order valence-electron chi connectivity index (χ0n) is 19.1. The number of ether oxygens (including phenoxy) is 2. The first-order valence-corrected chi connectivity index (χ1v) is 11.5. The van der Waals surface area contributed by atoms with Crippen LogP contribution in [0.3, 0.4) is 0 Å². The minimum absolute atomic E-state index is 0.0695. The van der Waals surface area contributed by atoms with Gasteiger partial charge in [-0.1, -0.05) is 30.3 Å². The predicted octanol–water partition coefficient (Wildman–Crippen LogP) is 3.09. The van der Waals surface area contributed by atoms with Crippen LogP contribution in [0.4, 0.5) is 4.79 Å². The highest BCUT2D eigenvalue weighted by atomic mass is 16.6. The largest absolute Gasteiger partial charge is 0.460 e. The van der Waals surface area contributed by atoms with E-state index in [2.05, 4.69) is 15.5 Å². The Hall–Kier alpha value is -2.12. The van der Waals surface area contributed by atoms with Gasteiger partial charge in [-0.3, -0.25) is 9.69 Å². The number of carbonyl (C=O) groups excluding carboxylic acids is 2. The third kappa shape index (κ3) is 7.51. The van der Waals surface area contributed by atoms with Crippen molar-refractivity contribution in [3.8, 4) is 0 Å². The number of nitrogens with zero attached hydrogens (tertiary/aromatic N) is 1. The Morgan fingerprint density at radius 2 is 1.74 bits per heavy atom. The number of nitrogens with one attached hydrogen (secondary N) is 2. The molecule has 7 nitrogen and oxygen atoms in total. The molecule has 2 aliphatic heterocycles. The lowest BCUT2D eigenvalue weighted by molar-refractivity contribution is -0.155. The van der Waals surface area contributed by atoms with E-state index in [0.717, 1.165) is 57.4 Å². The Morgan fingerprint density at radius 1 is 1.10 bits per heavy atom. The molecule has 0 aromatic heterocycles. The molecular formula is C24H37N3O4. The summed E-state index contributed by atoms with van der Waals surface area (Å²) in [5, 5.41) is 6.36. The molecule has 2 heterocycles. The zero-order chi connectivity index (χ0) is 22.3. The molecule has 0 aliphatic carbocycles. The van der Waals surface area contributed by atoms with Gasteiger partial charge in [0.15, 0.2) is 0 Å². The van der Waals surface area contributed by atoms with Crippen molar-refractivity contribution in [3.63, 3.8) is 0 Å². The van der Waals surface area contributed by atoms with Crippen LogP contribution >= 0.6 is 0 Å². The van der Waals surface area contributed by atoms with Gasteiger partial charge in [0.1, 0.15) is 18.2 Å². The van der Waals surface area contributed by atoms with E-state index >= 15 is 0 Å². The first-order valence-electron chi connectivity index (χ1n) is 11.5. The molecule has 2 saturated heterocycles. The molecule has 0 spiro atoms. The maximum Gasteiger partial charge on any atom is 0.407 e. The summed E-state index contributed by atoms with van der Waals surface area (Å²) in [5.41, 5.74) is 0.494. The fraction of sp³-hybridized carbons (Fsp3) is 0.667. The summed E-state index contributed by atoms with van der Waals surface area (Å²) in [4.78, 5) is 27.5. The van der Waals surface area contributed by atoms with Crippen LogP contribution in [0.25, 0.3) is 0 Å². The third-order valence-corrected chi connectivity index (χ3v) is 5.94. The molecule has 0 bridgehead atoms. The van der Waals surface area contributed by atoms with Crippen molar-refractivity contribution in [2.24, 2.45) is 5.92 Å². The van der Waals surface area contributed by atoms with Crippen molar-refractivity contribution in [2.45, 2.75) is 70.7 Å². The van der Waals surface area contributed by atoms with Gasteiger partial charge in [-0.25, -0.2) is 4.79 Å². The molecule has 1 aromatic carbocycles. The fourth-order valence-corrected chi connectivity index (χ4v) is 4.41. The zero-order valence-corrected chi connectivity index (χ0v) is 19.1. The van der Waals surface area contributed by atoms with Crippen LogP contribution in [-0.4, -0.2) is 60.8 Å². The molecule has 2 aliphatic rings. The van der Waals surface area contributed by atoms with Crippen molar-refractivity contribution in [2.75, 3.05) is 26.2 Å². The molecule has 0 saturated carbocycles. The minimum Gasteiger partial charge on any atom is -0.460 e. The van der Waals surface area contributed by atoms with Crippen molar-refractivity contribution in [1.82, 2.24) is 15.5 Å². The smallest absolute Gasteiger partial charge is 0.407 e. The van der Waals surface area contributed by atoms with Crippen molar-refractivity contribution in [1.29, 1.82) is 0 Å². The second-order valence-electron chi connectivity index (χ2n) is 9.58. The highest BCUT2D eigenvalue weighted by Crippen LogP contribution is 2.26. The topological polar surface area (TPSA) is 79.9 Å². The quantitative estimate of drug-likeness (QED) is 0.674. The molecule has 1 amide bonds. The summed E-state index contributed by atoms with van der Waals surface area (Å²) in [6.07, 6.45) is 3.17. The number of rotatable bonds is 6. The lowest BCUT2D eigenvalue weighted by Gasteiger charge is -2.41. The molecular weight excluding hydrogens is 394 g/mol. The average Bonchev–Trinajstić information content (AvgIpc) is 2.74. The number of alkyl carbamates (subject to hydrolysis) is 1. The molecule has 0 radical (unpaired) electrons. The number of benzene rings is 1. The normalized spacial score (nSPS) is 20.1. The number of carbonyl (C=O) groups is 2. The van der Waals surface area contributed by atoms with Crippen molar-refractivity contribution < 1.29 is 19.1 Å². The lowest BCUT2D eigenvalue weighted by atomic mass is 9.87. The second kappa shape index (κ2) is 11.0. The van der Waals surface area contributed by atoms with E-state index < -0.39 is 5.60 Å². The second-order valence-corrected chi connectivity index (χ2v) is 9.58. The molecule has 7 heteroatoms. The summed E-state index contributed by atoms with van der Waals surface area (Å²) in [6, 6.07) is 9.65. The maximum absolute atomic E-state index is 13.2. The molecule has 2 fully saturated rings. The van der Waals surface area contributed by atoms with Gasteiger partial charge in [-0.15, -0.1) is 0 Å². The van der Waals surface area contributed by atoms with Gasteiger partial charge in [0.25, 0.3) is 0 Å². The number of amides is 1. The van der Waals surface area contributed by atoms with Crippen LogP contribution in [0.1, 0.15) is 52.0 Å². The molecule has 31 heavy (non-hydrogen) atoms. The van der Waals surface area contributed by atoms with Crippen molar-refractivity contribution >= 4 is 12.1 Å². The van der Waals surface area contributed by atoms with E-state index in [1.807, 2.05) is 51.1 Å². The predicted molar refractivity (Wildman–Crippen MR) is 120 cm³/mol. The number of esters is 1. The standard InChI is InChI=1S/C24H37N3O4/c1-24(2,3)31-23(29)26-20-11-15-27(16-12-20)21(19-9-13-25-14-10-19)22(28)30-17-18-7-5-4-6-8-18/h4-8,19-21,25H,9-17H2,1-3H3,(H,26,29). The summed E-state index contributed by atoms with van der Waals surface area (Å²) < 4.78 is 11.1. The van der Waals surface area contributed by atoms with Crippen LogP contribution in [0, 0.1) is 5.92 Å². The SMILES string of the molecule is CC(C)(C)OC(=O)NC1CCN(C(C(=O)OCc2ccccc2)C2CCNCC2)CC1. The monoisotopic (exact) mass is 431 g/mol. The van der Waals surface area contributed by atoms with Gasteiger partial charge < -0.3 is 20.1 Å². The van der Waals surface area contributed by atoms with Gasteiger partial charge in [0, 0.05) is 19.1 Å². The van der Waals surface area contributed by atoms with Crippen molar-refractivity contribution in [3.05, 3.63) is 35.9 Å². The van der Waals surface area contributed by atoms with E-state index in [1.165, 1.54) is 0 Å². The van der Waals surface area contributed by atoms with Gasteiger partial charge >= 0.3 is 12.1 Å². The van der Waals surface area contributed by atoms with Crippen LogP contribution in [-0.2, 0) is 20.9 Å². The van der Waals surface area contributed by atoms with Gasteiger partial charge in [0.05, 0.1) is 0 Å². The van der Waals surface area contributed by atoms with Crippen LogP contribution < -0.4 is 10.6 Å². The Bertz CT molecular complexity index is 705. The van der Waals surface area contributed by atoms with E-state index in [9.17, 15) is 9.59 Å². The summed E-state index contributed by atoms with van der Waals surface area (Å²) >= 11 is 0. The van der Waals surface area contributed by atoms with Crippen LogP contribution in [0.15, 0.2) is 30.3 Å². The Kier molecular flexibility index (Phi) is 8.32. The van der Waals surface area contributed by atoms with Gasteiger partial charge in [0.2, 0.25) is 0 Å². The number of piperidine rings is 2. The lowest BCUT2D eigenvalue weighted by Crippen LogP contribution is -2.54. The Labute approximate surface area is 185 Å². The van der Waals surface area contributed by atoms with Crippen LogP contribution in [0.5, 0.6) is 0 Å². The van der Waals surface area contributed by atoms with Gasteiger partial charge in [-0.05, 0) is 71.0 Å². The molecule has 3 rings (SSSR count). The maximum atomic E-state index is 13.2.